The largest absolute Gasteiger partial charge is 0.311 e. The number of ketones is 1. The van der Waals surface area contributed by atoms with E-state index in [4.69, 9.17) is 0 Å². The normalized spacial score (nSPS) is 13.4. The van der Waals surface area contributed by atoms with Crippen molar-refractivity contribution in [3.63, 3.8) is 0 Å². The number of nitrogens with zero attached hydrogens (tertiary/aromatic N) is 1. The summed E-state index contributed by atoms with van der Waals surface area (Å²) in [6.45, 7) is 0. The zero-order chi connectivity index (χ0) is 24.3. The van der Waals surface area contributed by atoms with Crippen LogP contribution in [0.5, 0.6) is 0 Å². The molecule has 0 atom stereocenters. The number of allylic oxidation sites excluding steroid dienone is 2. The Kier molecular flexibility index (Phi) is 6.37. The molecule has 3 aromatic carbocycles. The number of para-hydroxylation sites is 2. The SMILES string of the molecule is O=C1C=C(c2ccc(-c3ccc(-c4ccc(N(c5ccccc5)c5ccccc5)cc4)s3)s2)CCC1. The van der Waals surface area contributed by atoms with Gasteiger partial charge in [0.15, 0.2) is 5.78 Å². The highest BCUT2D eigenvalue weighted by Crippen LogP contribution is 2.41. The first-order valence-corrected chi connectivity index (χ1v) is 13.8. The van der Waals surface area contributed by atoms with Crippen LogP contribution in [0.15, 0.2) is 115 Å². The number of anilines is 3. The molecule has 6 rings (SSSR count). The van der Waals surface area contributed by atoms with Gasteiger partial charge in [0, 0.05) is 43.0 Å². The minimum Gasteiger partial charge on any atom is -0.311 e. The molecule has 0 spiro atoms. The van der Waals surface area contributed by atoms with Crippen LogP contribution in [0.25, 0.3) is 25.8 Å². The summed E-state index contributed by atoms with van der Waals surface area (Å²) in [5, 5.41) is 0. The van der Waals surface area contributed by atoms with Crippen molar-refractivity contribution < 1.29 is 4.79 Å². The third-order valence-corrected chi connectivity index (χ3v) is 8.91. The van der Waals surface area contributed by atoms with Crippen molar-refractivity contribution in [1.82, 2.24) is 0 Å². The Morgan fingerprint density at radius 1 is 0.528 bits per heavy atom. The van der Waals surface area contributed by atoms with Crippen LogP contribution in [0.3, 0.4) is 0 Å². The lowest BCUT2D eigenvalue weighted by atomic mass is 9.98. The van der Waals surface area contributed by atoms with Crippen molar-refractivity contribution in [2.75, 3.05) is 4.90 Å². The Hall–Kier alpha value is -3.73. The third-order valence-electron chi connectivity index (χ3n) is 6.41. The maximum Gasteiger partial charge on any atom is 0.156 e. The van der Waals surface area contributed by atoms with E-state index >= 15 is 0 Å². The van der Waals surface area contributed by atoms with Crippen molar-refractivity contribution in [2.24, 2.45) is 0 Å². The fourth-order valence-corrected chi connectivity index (χ4v) is 6.78. The first kappa shape index (κ1) is 22.7. The Morgan fingerprint density at radius 3 is 1.67 bits per heavy atom. The fourth-order valence-electron chi connectivity index (χ4n) is 4.63. The first-order chi connectivity index (χ1) is 17.7. The standard InChI is InChI=1S/C32H25NOS2/c34-28-13-7-8-24(22-28)30-19-21-32(36-30)31-20-18-29(35-31)23-14-16-27(17-15-23)33(25-9-3-1-4-10-25)26-11-5-2-6-12-26/h1-6,9-12,14-22H,7-8,13H2. The summed E-state index contributed by atoms with van der Waals surface area (Å²) < 4.78 is 0. The van der Waals surface area contributed by atoms with Gasteiger partial charge in [0.05, 0.1) is 0 Å². The average molecular weight is 504 g/mol. The Labute approximate surface area is 219 Å². The lowest BCUT2D eigenvalue weighted by molar-refractivity contribution is -0.114. The van der Waals surface area contributed by atoms with Gasteiger partial charge in [-0.25, -0.2) is 0 Å². The van der Waals surface area contributed by atoms with Gasteiger partial charge in [0.1, 0.15) is 0 Å². The van der Waals surface area contributed by atoms with Gasteiger partial charge in [-0.2, -0.15) is 0 Å². The number of thiophene rings is 2. The predicted octanol–water partition coefficient (Wildman–Crippen LogP) is 9.75. The molecule has 2 heterocycles. The van der Waals surface area contributed by atoms with Crippen molar-refractivity contribution >= 4 is 51.1 Å². The molecule has 176 valence electrons. The maximum atomic E-state index is 11.8. The molecule has 0 saturated carbocycles. The van der Waals surface area contributed by atoms with Crippen molar-refractivity contribution in [3.8, 4) is 20.2 Å². The minimum absolute atomic E-state index is 0.256. The lowest BCUT2D eigenvalue weighted by Crippen LogP contribution is -2.09. The lowest BCUT2D eigenvalue weighted by Gasteiger charge is -2.25. The quantitative estimate of drug-likeness (QED) is 0.230. The highest BCUT2D eigenvalue weighted by Gasteiger charge is 2.15. The first-order valence-electron chi connectivity index (χ1n) is 12.2. The van der Waals surface area contributed by atoms with Gasteiger partial charge in [0.2, 0.25) is 0 Å². The van der Waals surface area contributed by atoms with E-state index in [-0.39, 0.29) is 5.78 Å². The van der Waals surface area contributed by atoms with Gasteiger partial charge in [-0.1, -0.05) is 48.5 Å². The molecule has 0 radical (unpaired) electrons. The summed E-state index contributed by atoms with van der Waals surface area (Å²) in [7, 11) is 0. The van der Waals surface area contributed by atoms with Crippen LogP contribution >= 0.6 is 22.7 Å². The second kappa shape index (κ2) is 10.1. The zero-order valence-corrected chi connectivity index (χ0v) is 21.4. The predicted molar refractivity (Wildman–Crippen MR) is 155 cm³/mol. The summed E-state index contributed by atoms with van der Waals surface area (Å²) in [5.74, 6) is 0.256. The van der Waals surface area contributed by atoms with Gasteiger partial charge in [-0.05, 0) is 90.7 Å². The summed E-state index contributed by atoms with van der Waals surface area (Å²) in [6, 6.07) is 38.6. The molecule has 0 saturated heterocycles. The number of hydrogen-bond donors (Lipinski definition) is 0. The molecule has 0 aliphatic heterocycles. The molecule has 2 nitrogen and oxygen atoms in total. The number of carbonyl (C=O) groups excluding carboxylic acids is 1. The topological polar surface area (TPSA) is 20.3 Å². The smallest absolute Gasteiger partial charge is 0.156 e. The van der Waals surface area contributed by atoms with E-state index in [9.17, 15) is 4.79 Å². The number of rotatable bonds is 6. The van der Waals surface area contributed by atoms with E-state index in [1.807, 2.05) is 29.5 Å². The van der Waals surface area contributed by atoms with Crippen LogP contribution in [-0.4, -0.2) is 5.78 Å². The van der Waals surface area contributed by atoms with Crippen LogP contribution in [0.1, 0.15) is 24.1 Å². The van der Waals surface area contributed by atoms with E-state index in [1.54, 1.807) is 11.3 Å². The second-order valence-corrected chi connectivity index (χ2v) is 11.0. The van der Waals surface area contributed by atoms with Crippen LogP contribution in [-0.2, 0) is 4.79 Å². The highest BCUT2D eigenvalue weighted by atomic mass is 32.1. The monoisotopic (exact) mass is 503 g/mol. The molecule has 1 aliphatic rings. The van der Waals surface area contributed by atoms with Crippen LogP contribution in [0, 0.1) is 0 Å². The van der Waals surface area contributed by atoms with Gasteiger partial charge in [0.25, 0.3) is 0 Å². The molecular weight excluding hydrogens is 478 g/mol. The molecule has 0 fully saturated rings. The molecule has 4 heteroatoms. The molecule has 36 heavy (non-hydrogen) atoms. The van der Waals surface area contributed by atoms with Crippen LogP contribution in [0.4, 0.5) is 17.1 Å². The van der Waals surface area contributed by atoms with Crippen molar-refractivity contribution in [2.45, 2.75) is 19.3 Å². The van der Waals surface area contributed by atoms with Gasteiger partial charge >= 0.3 is 0 Å². The second-order valence-electron chi connectivity index (χ2n) is 8.87. The molecule has 0 bridgehead atoms. The molecule has 1 aliphatic carbocycles. The summed E-state index contributed by atoms with van der Waals surface area (Å²) in [5.41, 5.74) is 5.81. The number of hydrogen-bond acceptors (Lipinski definition) is 4. The molecule has 2 aromatic heterocycles. The molecule has 0 amide bonds. The van der Waals surface area contributed by atoms with Crippen molar-refractivity contribution in [3.05, 3.63) is 120 Å². The van der Waals surface area contributed by atoms with Crippen LogP contribution in [0.2, 0.25) is 0 Å². The Morgan fingerprint density at radius 2 is 1.06 bits per heavy atom. The number of benzene rings is 3. The van der Waals surface area contributed by atoms with Crippen molar-refractivity contribution in [1.29, 1.82) is 0 Å². The summed E-state index contributed by atoms with van der Waals surface area (Å²) in [6.07, 6.45) is 4.48. The Balaban J connectivity index is 1.26. The molecule has 0 N–H and O–H groups in total. The van der Waals surface area contributed by atoms with Crippen LogP contribution < -0.4 is 4.90 Å². The fraction of sp³-hybridized carbons (Fsp3) is 0.0938. The van der Waals surface area contributed by atoms with E-state index in [0.29, 0.717) is 6.42 Å². The average Bonchev–Trinajstić information content (AvgIpc) is 3.61. The summed E-state index contributed by atoms with van der Waals surface area (Å²) >= 11 is 3.60. The van der Waals surface area contributed by atoms with Gasteiger partial charge < -0.3 is 4.90 Å². The highest BCUT2D eigenvalue weighted by molar-refractivity contribution is 7.24. The van der Waals surface area contributed by atoms with E-state index in [2.05, 4.69) is 102 Å². The molecule has 5 aromatic rings. The van der Waals surface area contributed by atoms with Gasteiger partial charge in [-0.15, -0.1) is 22.7 Å². The van der Waals surface area contributed by atoms with E-state index in [0.717, 1.165) is 29.9 Å². The van der Waals surface area contributed by atoms with Gasteiger partial charge in [-0.3, -0.25) is 4.79 Å². The third kappa shape index (κ3) is 4.70. The minimum atomic E-state index is 0.256. The Bertz CT molecular complexity index is 1470. The zero-order valence-electron chi connectivity index (χ0n) is 19.8. The van der Waals surface area contributed by atoms with E-state index in [1.165, 1.54) is 30.6 Å². The maximum absolute atomic E-state index is 11.8. The van der Waals surface area contributed by atoms with E-state index < -0.39 is 0 Å². The number of carbonyl (C=O) groups is 1. The molecule has 0 unspecified atom stereocenters. The molecular formula is C32H25NOS2. The summed E-state index contributed by atoms with van der Waals surface area (Å²) in [4.78, 5) is 19.1.